The number of hydrogen-bond donors (Lipinski definition) is 1. The number of carbonyl (C=O) groups excluding carboxylic acids is 2. The summed E-state index contributed by atoms with van der Waals surface area (Å²) < 4.78 is 44.9. The maximum absolute atomic E-state index is 14.3. The van der Waals surface area contributed by atoms with E-state index in [2.05, 4.69) is 15.0 Å². The summed E-state index contributed by atoms with van der Waals surface area (Å²) in [6.45, 7) is 1.19. The van der Waals surface area contributed by atoms with Gasteiger partial charge in [0.05, 0.1) is 31.7 Å². The second-order valence-electron chi connectivity index (χ2n) is 9.50. The van der Waals surface area contributed by atoms with Crippen LogP contribution >= 0.6 is 0 Å². The minimum Gasteiger partial charge on any atom is -0.491 e. The molecular weight excluding hydrogens is 508 g/mol. The number of aryl methyl sites for hydroxylation is 1. The Kier molecular flexibility index (Phi) is 7.19. The number of carbonyl (C=O) groups is 2. The van der Waals surface area contributed by atoms with Crippen molar-refractivity contribution in [1.29, 1.82) is 0 Å². The molecule has 0 bridgehead atoms. The highest BCUT2D eigenvalue weighted by atomic mass is 19.3. The molecule has 0 unspecified atom stereocenters. The van der Waals surface area contributed by atoms with Crippen molar-refractivity contribution >= 4 is 34.7 Å². The van der Waals surface area contributed by atoms with Crippen LogP contribution in [0.1, 0.15) is 27.9 Å². The summed E-state index contributed by atoms with van der Waals surface area (Å²) in [6, 6.07) is 18.6. The number of fused-ring (bicyclic) bond motifs is 1. The number of rotatable bonds is 8. The molecule has 2 heterocycles. The number of likely N-dealkylation sites (tertiary alicyclic amines) is 1. The average Bonchev–Trinajstić information content (AvgIpc) is 3.47. The first-order valence-corrected chi connectivity index (χ1v) is 12.4. The molecule has 10 heteroatoms. The Bertz CT molecular complexity index is 1500. The fraction of sp³-hybridized carbons (Fsp3) is 0.276. The number of ether oxygens (including phenoxy) is 2. The van der Waals surface area contributed by atoms with Crippen LogP contribution in [0.3, 0.4) is 0 Å². The predicted octanol–water partition coefficient (Wildman–Crippen LogP) is 5.52. The summed E-state index contributed by atoms with van der Waals surface area (Å²) in [5.74, 6) is -3.53. The molecule has 1 aromatic heterocycles. The van der Waals surface area contributed by atoms with Crippen LogP contribution in [0.15, 0.2) is 71.1 Å². The second-order valence-corrected chi connectivity index (χ2v) is 9.50. The Balaban J connectivity index is 1.25. The molecule has 1 aliphatic rings. The Morgan fingerprint density at radius 2 is 1.90 bits per heavy atom. The number of esters is 1. The molecule has 1 aliphatic heterocycles. The molecule has 202 valence electrons. The number of halogens is 2. The molecule has 5 rings (SSSR count). The maximum atomic E-state index is 14.3. The van der Waals surface area contributed by atoms with E-state index in [1.165, 1.54) is 24.1 Å². The van der Waals surface area contributed by atoms with Crippen LogP contribution in [-0.2, 0) is 16.0 Å². The number of benzene rings is 3. The summed E-state index contributed by atoms with van der Waals surface area (Å²) in [5.41, 5.74) is 3.96. The van der Waals surface area contributed by atoms with Crippen LogP contribution in [0.4, 0.5) is 20.5 Å². The molecule has 0 saturated carbocycles. The monoisotopic (exact) mass is 535 g/mol. The van der Waals surface area contributed by atoms with Crippen molar-refractivity contribution in [3.05, 3.63) is 83.4 Å². The first-order valence-electron chi connectivity index (χ1n) is 12.4. The van der Waals surface area contributed by atoms with Crippen molar-refractivity contribution in [2.45, 2.75) is 31.7 Å². The zero-order chi connectivity index (χ0) is 27.6. The van der Waals surface area contributed by atoms with Gasteiger partial charge in [0, 0.05) is 12.1 Å². The lowest BCUT2D eigenvalue weighted by atomic mass is 10.1. The lowest BCUT2D eigenvalue weighted by Crippen LogP contribution is -2.40. The van der Waals surface area contributed by atoms with Crippen molar-refractivity contribution < 1.29 is 32.3 Å². The van der Waals surface area contributed by atoms with Gasteiger partial charge in [0.25, 0.3) is 11.9 Å². The lowest BCUT2D eigenvalue weighted by molar-refractivity contribution is -0.133. The zero-order valence-electron chi connectivity index (χ0n) is 21.4. The van der Waals surface area contributed by atoms with Gasteiger partial charge in [0.1, 0.15) is 17.9 Å². The molecule has 0 radical (unpaired) electrons. The van der Waals surface area contributed by atoms with Gasteiger partial charge in [0.15, 0.2) is 5.58 Å². The van der Waals surface area contributed by atoms with Gasteiger partial charge in [-0.15, -0.1) is 0 Å². The molecule has 0 spiro atoms. The summed E-state index contributed by atoms with van der Waals surface area (Å²) in [7, 11) is 1.28. The fourth-order valence-electron chi connectivity index (χ4n) is 4.57. The summed E-state index contributed by atoms with van der Waals surface area (Å²) in [6.07, 6.45) is -0.564. The molecule has 1 N–H and O–H groups in total. The van der Waals surface area contributed by atoms with Crippen molar-refractivity contribution in [2.75, 3.05) is 25.6 Å². The van der Waals surface area contributed by atoms with Gasteiger partial charge in [-0.2, -0.15) is 4.98 Å². The van der Waals surface area contributed by atoms with E-state index in [0.717, 1.165) is 11.3 Å². The number of aromatic nitrogens is 1. The second kappa shape index (κ2) is 10.7. The molecule has 39 heavy (non-hydrogen) atoms. The first kappa shape index (κ1) is 26.1. The van der Waals surface area contributed by atoms with E-state index >= 15 is 0 Å². The first-order chi connectivity index (χ1) is 18.7. The number of anilines is 2. The minimum atomic E-state index is -3.01. The molecule has 8 nitrogen and oxygen atoms in total. The van der Waals surface area contributed by atoms with Gasteiger partial charge in [0.2, 0.25) is 5.91 Å². The molecule has 1 fully saturated rings. The van der Waals surface area contributed by atoms with Crippen LogP contribution in [0.5, 0.6) is 5.75 Å². The summed E-state index contributed by atoms with van der Waals surface area (Å²) in [5, 5.41) is 3.15. The van der Waals surface area contributed by atoms with E-state index in [9.17, 15) is 18.4 Å². The van der Waals surface area contributed by atoms with Gasteiger partial charge in [-0.3, -0.25) is 4.79 Å². The molecule has 4 aromatic rings. The fourth-order valence-corrected chi connectivity index (χ4v) is 4.57. The van der Waals surface area contributed by atoms with Crippen LogP contribution in [0.25, 0.3) is 11.1 Å². The zero-order valence-corrected chi connectivity index (χ0v) is 21.4. The number of para-hydroxylation sites is 1. The number of oxazole rings is 1. The quantitative estimate of drug-likeness (QED) is 0.297. The van der Waals surface area contributed by atoms with Crippen molar-refractivity contribution in [3.8, 4) is 5.75 Å². The van der Waals surface area contributed by atoms with E-state index in [1.54, 1.807) is 30.3 Å². The minimum absolute atomic E-state index is 0.0718. The third-order valence-corrected chi connectivity index (χ3v) is 6.61. The Morgan fingerprint density at radius 3 is 2.64 bits per heavy atom. The molecule has 1 amide bonds. The van der Waals surface area contributed by atoms with Gasteiger partial charge in [-0.25, -0.2) is 13.6 Å². The smallest absolute Gasteiger partial charge is 0.337 e. The average molecular weight is 536 g/mol. The van der Waals surface area contributed by atoms with Crippen molar-refractivity contribution in [1.82, 2.24) is 9.88 Å². The molecule has 0 aliphatic carbocycles. The lowest BCUT2D eigenvalue weighted by Gasteiger charge is -2.24. The van der Waals surface area contributed by atoms with Crippen LogP contribution < -0.4 is 10.1 Å². The Hall–Kier alpha value is -4.47. The van der Waals surface area contributed by atoms with E-state index in [0.29, 0.717) is 34.0 Å². The highest BCUT2D eigenvalue weighted by molar-refractivity contribution is 5.89. The summed E-state index contributed by atoms with van der Waals surface area (Å²) in [4.78, 5) is 30.3. The van der Waals surface area contributed by atoms with E-state index in [1.807, 2.05) is 31.2 Å². The highest BCUT2D eigenvalue weighted by Gasteiger charge is 2.47. The maximum Gasteiger partial charge on any atom is 0.337 e. The van der Waals surface area contributed by atoms with Gasteiger partial charge < -0.3 is 24.1 Å². The number of hydrogen-bond acceptors (Lipinski definition) is 7. The Morgan fingerprint density at radius 1 is 1.13 bits per heavy atom. The van der Waals surface area contributed by atoms with Crippen molar-refractivity contribution in [2.24, 2.45) is 0 Å². The molecule has 3 aromatic carbocycles. The number of methoxy groups -OCH3 is 1. The normalized spacial score (nSPS) is 16.3. The third-order valence-electron chi connectivity index (χ3n) is 6.61. The van der Waals surface area contributed by atoms with E-state index in [4.69, 9.17) is 9.15 Å². The van der Waals surface area contributed by atoms with Gasteiger partial charge in [-0.05, 0) is 60.5 Å². The van der Waals surface area contributed by atoms with Crippen molar-refractivity contribution in [3.63, 3.8) is 0 Å². The topological polar surface area (TPSA) is 93.9 Å². The van der Waals surface area contributed by atoms with Gasteiger partial charge >= 0.3 is 5.97 Å². The highest BCUT2D eigenvalue weighted by Crippen LogP contribution is 2.33. The SMILES string of the molecule is COC(=O)c1ccc(OC[C@@H]2CC(F)(F)CN2C(=O)Cc2ccc3nc(Nc4ccccc4C)oc3c2)cc1. The number of amides is 1. The van der Waals surface area contributed by atoms with Crippen LogP contribution in [0.2, 0.25) is 0 Å². The van der Waals surface area contributed by atoms with E-state index in [-0.39, 0.29) is 13.0 Å². The third kappa shape index (κ3) is 6.00. The van der Waals surface area contributed by atoms with E-state index < -0.39 is 36.8 Å². The van der Waals surface area contributed by atoms with Crippen LogP contribution in [-0.4, -0.2) is 54.0 Å². The number of nitrogens with one attached hydrogen (secondary N) is 1. The summed E-state index contributed by atoms with van der Waals surface area (Å²) >= 11 is 0. The molecule has 1 saturated heterocycles. The number of alkyl halides is 2. The molecule has 1 atom stereocenters. The van der Waals surface area contributed by atoms with Gasteiger partial charge in [-0.1, -0.05) is 24.3 Å². The van der Waals surface area contributed by atoms with Crippen LogP contribution in [0, 0.1) is 6.92 Å². The predicted molar refractivity (Wildman–Crippen MR) is 141 cm³/mol. The largest absolute Gasteiger partial charge is 0.491 e. The number of nitrogens with zero attached hydrogens (tertiary/aromatic N) is 2. The molecular formula is C29H27F2N3O5. The standard InChI is InChI=1S/C29H27F2N3O5/c1-18-5-3-4-6-23(18)32-28-33-24-12-7-19(13-25(24)39-28)14-26(35)34-17-29(30,31)15-21(34)16-38-22-10-8-20(9-11-22)27(36)37-2/h3-13,21H,14-17H2,1-2H3,(H,32,33)/t21-/m0/s1. The Labute approximate surface area is 223 Å².